The third-order valence-corrected chi connectivity index (χ3v) is 4.16. The molecule has 0 spiro atoms. The maximum Gasteiger partial charge on any atom is 0.307 e. The number of piperidine rings is 1. The first-order valence-corrected chi connectivity index (χ1v) is 7.89. The van der Waals surface area contributed by atoms with Crippen molar-refractivity contribution in [2.45, 2.75) is 45.2 Å². The number of hydrogen-bond donors (Lipinski definition) is 2. The van der Waals surface area contributed by atoms with Gasteiger partial charge in [0, 0.05) is 19.1 Å². The van der Waals surface area contributed by atoms with E-state index in [1.165, 1.54) is 37.9 Å². The molecule has 1 aliphatic heterocycles. The van der Waals surface area contributed by atoms with Gasteiger partial charge in [0.15, 0.2) is 0 Å². The van der Waals surface area contributed by atoms with Crippen molar-refractivity contribution < 1.29 is 9.90 Å². The molecule has 4 heteroatoms. The van der Waals surface area contributed by atoms with Crippen LogP contribution in [0.1, 0.15) is 37.3 Å². The third kappa shape index (κ3) is 5.48. The van der Waals surface area contributed by atoms with Gasteiger partial charge in [-0.15, -0.1) is 0 Å². The van der Waals surface area contributed by atoms with E-state index < -0.39 is 5.97 Å². The molecule has 0 saturated carbocycles. The summed E-state index contributed by atoms with van der Waals surface area (Å²) in [6.45, 7) is 6.58. The van der Waals surface area contributed by atoms with E-state index in [9.17, 15) is 4.79 Å². The number of aliphatic carboxylic acids is 1. The van der Waals surface area contributed by atoms with Crippen LogP contribution in [0.3, 0.4) is 0 Å². The summed E-state index contributed by atoms with van der Waals surface area (Å²) < 4.78 is 0. The van der Waals surface area contributed by atoms with Gasteiger partial charge >= 0.3 is 5.97 Å². The molecule has 0 amide bonds. The van der Waals surface area contributed by atoms with Gasteiger partial charge in [-0.05, 0) is 44.0 Å². The summed E-state index contributed by atoms with van der Waals surface area (Å²) in [5.74, 6) is -0.781. The average Bonchev–Trinajstić information content (AvgIpc) is 2.49. The van der Waals surface area contributed by atoms with Crippen molar-refractivity contribution in [3.05, 3.63) is 35.4 Å². The minimum atomic E-state index is -0.781. The van der Waals surface area contributed by atoms with Crippen LogP contribution in [0.4, 0.5) is 0 Å². The van der Waals surface area contributed by atoms with Gasteiger partial charge in [0.05, 0.1) is 6.42 Å². The lowest BCUT2D eigenvalue weighted by Crippen LogP contribution is -2.42. The third-order valence-electron chi connectivity index (χ3n) is 4.16. The lowest BCUT2D eigenvalue weighted by atomic mass is 10.1. The second kappa shape index (κ2) is 8.15. The standard InChI is InChI=1S/C17H26N2O2/c1-14(19-9-3-2-4-10-19)12-18-13-16-7-5-15(6-8-16)11-17(20)21/h5-8,14,18H,2-4,9-13H2,1H3,(H,20,21). The monoisotopic (exact) mass is 290 g/mol. The van der Waals surface area contributed by atoms with Crippen LogP contribution in [0.5, 0.6) is 0 Å². The van der Waals surface area contributed by atoms with Gasteiger partial charge in [0.2, 0.25) is 0 Å². The predicted molar refractivity (Wildman–Crippen MR) is 84.4 cm³/mol. The maximum absolute atomic E-state index is 10.6. The zero-order valence-electron chi connectivity index (χ0n) is 12.8. The first-order valence-electron chi connectivity index (χ1n) is 7.89. The van der Waals surface area contributed by atoms with Crippen LogP contribution in [0.2, 0.25) is 0 Å². The Morgan fingerprint density at radius 3 is 2.43 bits per heavy atom. The number of carboxylic acids is 1. The molecule has 2 N–H and O–H groups in total. The van der Waals surface area contributed by atoms with Crippen LogP contribution in [-0.2, 0) is 17.8 Å². The molecule has 4 nitrogen and oxygen atoms in total. The highest BCUT2D eigenvalue weighted by atomic mass is 16.4. The zero-order chi connectivity index (χ0) is 15.1. The minimum absolute atomic E-state index is 0.0969. The largest absolute Gasteiger partial charge is 0.481 e. The van der Waals surface area contributed by atoms with Crippen LogP contribution in [0.15, 0.2) is 24.3 Å². The van der Waals surface area contributed by atoms with E-state index in [0.29, 0.717) is 6.04 Å². The molecule has 2 rings (SSSR count). The number of hydrogen-bond acceptors (Lipinski definition) is 3. The Balaban J connectivity index is 1.71. The van der Waals surface area contributed by atoms with Crippen LogP contribution >= 0.6 is 0 Å². The molecule has 1 atom stereocenters. The summed E-state index contributed by atoms with van der Waals surface area (Å²) in [7, 11) is 0. The Kier molecular flexibility index (Phi) is 6.21. The number of nitrogens with zero attached hydrogens (tertiary/aromatic N) is 1. The molecule has 1 aromatic rings. The van der Waals surface area contributed by atoms with Gasteiger partial charge in [-0.1, -0.05) is 30.7 Å². The lowest BCUT2D eigenvalue weighted by Gasteiger charge is -2.32. The quantitative estimate of drug-likeness (QED) is 0.809. The SMILES string of the molecule is CC(CNCc1ccc(CC(=O)O)cc1)N1CCCCC1. The van der Waals surface area contributed by atoms with Crippen LogP contribution in [-0.4, -0.2) is 41.7 Å². The molecule has 0 radical (unpaired) electrons. The highest BCUT2D eigenvalue weighted by molar-refractivity contribution is 5.70. The summed E-state index contributed by atoms with van der Waals surface area (Å²) >= 11 is 0. The van der Waals surface area contributed by atoms with E-state index in [1.54, 1.807) is 0 Å². The van der Waals surface area contributed by atoms with Crippen molar-refractivity contribution in [2.75, 3.05) is 19.6 Å². The number of nitrogens with one attached hydrogen (secondary N) is 1. The maximum atomic E-state index is 10.6. The normalized spacial score (nSPS) is 17.6. The molecule has 1 heterocycles. The van der Waals surface area contributed by atoms with E-state index in [1.807, 2.05) is 24.3 Å². The number of carboxylic acid groups (broad SMARTS) is 1. The summed E-state index contributed by atoms with van der Waals surface area (Å²) in [6.07, 6.45) is 4.13. The number of carbonyl (C=O) groups is 1. The fraction of sp³-hybridized carbons (Fsp3) is 0.588. The Labute approximate surface area is 127 Å². The molecule has 21 heavy (non-hydrogen) atoms. The minimum Gasteiger partial charge on any atom is -0.481 e. The number of benzene rings is 1. The Morgan fingerprint density at radius 2 is 1.81 bits per heavy atom. The highest BCUT2D eigenvalue weighted by Gasteiger charge is 2.15. The number of rotatable bonds is 7. The summed E-state index contributed by atoms with van der Waals surface area (Å²) in [5, 5.41) is 12.2. The molecular formula is C17H26N2O2. The molecule has 1 aromatic carbocycles. The van der Waals surface area contributed by atoms with E-state index in [0.717, 1.165) is 18.7 Å². The van der Waals surface area contributed by atoms with Gasteiger partial charge in [0.25, 0.3) is 0 Å². The first kappa shape index (κ1) is 16.0. The molecule has 0 aliphatic carbocycles. The topological polar surface area (TPSA) is 52.6 Å². The molecule has 116 valence electrons. The van der Waals surface area contributed by atoms with Crippen molar-refractivity contribution in [2.24, 2.45) is 0 Å². The second-order valence-corrected chi connectivity index (χ2v) is 5.96. The molecule has 0 aromatic heterocycles. The van der Waals surface area contributed by atoms with E-state index in [2.05, 4.69) is 17.1 Å². The van der Waals surface area contributed by atoms with Gasteiger partial charge in [-0.3, -0.25) is 9.69 Å². The Hall–Kier alpha value is -1.39. The molecule has 1 unspecified atom stereocenters. The molecule has 1 aliphatic rings. The van der Waals surface area contributed by atoms with Gasteiger partial charge in [0.1, 0.15) is 0 Å². The summed E-state index contributed by atoms with van der Waals surface area (Å²) in [5.41, 5.74) is 2.06. The van der Waals surface area contributed by atoms with Gasteiger partial charge in [-0.25, -0.2) is 0 Å². The van der Waals surface area contributed by atoms with Crippen LogP contribution in [0.25, 0.3) is 0 Å². The lowest BCUT2D eigenvalue weighted by molar-refractivity contribution is -0.136. The first-order chi connectivity index (χ1) is 10.1. The van der Waals surface area contributed by atoms with Gasteiger partial charge in [-0.2, -0.15) is 0 Å². The molecule has 1 saturated heterocycles. The number of likely N-dealkylation sites (tertiary alicyclic amines) is 1. The Bertz CT molecular complexity index is 439. The van der Waals surface area contributed by atoms with Crippen LogP contribution in [0, 0.1) is 0 Å². The van der Waals surface area contributed by atoms with Crippen molar-refractivity contribution in [1.82, 2.24) is 10.2 Å². The summed E-state index contributed by atoms with van der Waals surface area (Å²) in [6, 6.07) is 8.41. The zero-order valence-corrected chi connectivity index (χ0v) is 12.8. The van der Waals surface area contributed by atoms with E-state index in [4.69, 9.17) is 5.11 Å². The molecule has 0 bridgehead atoms. The van der Waals surface area contributed by atoms with Gasteiger partial charge < -0.3 is 10.4 Å². The van der Waals surface area contributed by atoms with E-state index in [-0.39, 0.29) is 6.42 Å². The van der Waals surface area contributed by atoms with Crippen molar-refractivity contribution >= 4 is 5.97 Å². The predicted octanol–water partition coefficient (Wildman–Crippen LogP) is 2.28. The van der Waals surface area contributed by atoms with Crippen LogP contribution < -0.4 is 5.32 Å². The fourth-order valence-electron chi connectivity index (χ4n) is 2.86. The fourth-order valence-corrected chi connectivity index (χ4v) is 2.86. The smallest absolute Gasteiger partial charge is 0.307 e. The van der Waals surface area contributed by atoms with E-state index >= 15 is 0 Å². The highest BCUT2D eigenvalue weighted by Crippen LogP contribution is 2.11. The average molecular weight is 290 g/mol. The van der Waals surface area contributed by atoms with Crippen molar-refractivity contribution in [3.8, 4) is 0 Å². The molecule has 1 fully saturated rings. The second-order valence-electron chi connectivity index (χ2n) is 5.96. The van der Waals surface area contributed by atoms with Crippen molar-refractivity contribution in [3.63, 3.8) is 0 Å². The Morgan fingerprint density at radius 1 is 1.19 bits per heavy atom. The summed E-state index contributed by atoms with van der Waals surface area (Å²) in [4.78, 5) is 13.2. The molecular weight excluding hydrogens is 264 g/mol. The van der Waals surface area contributed by atoms with Crippen molar-refractivity contribution in [1.29, 1.82) is 0 Å².